The molecule has 0 aromatic heterocycles. The lowest BCUT2D eigenvalue weighted by Crippen LogP contribution is -2.53. The summed E-state index contributed by atoms with van der Waals surface area (Å²) in [5.41, 5.74) is 0.941. The number of carbonyl (C=O) groups excluding carboxylic acids is 2. The first kappa shape index (κ1) is 30.3. The Labute approximate surface area is 245 Å². The van der Waals surface area contributed by atoms with E-state index in [1.54, 1.807) is 36.4 Å². The Morgan fingerprint density at radius 1 is 1.00 bits per heavy atom. The van der Waals surface area contributed by atoms with Gasteiger partial charge in [0.1, 0.15) is 25.8 Å². The third-order valence-corrected chi connectivity index (χ3v) is 9.70. The van der Waals surface area contributed by atoms with Crippen LogP contribution in [-0.2, 0) is 26.2 Å². The molecule has 1 aliphatic carbocycles. The molecule has 0 spiro atoms. The second kappa shape index (κ2) is 13.3. The van der Waals surface area contributed by atoms with Gasteiger partial charge in [-0.05, 0) is 56.0 Å². The summed E-state index contributed by atoms with van der Waals surface area (Å²) in [4.78, 5) is 28.9. The normalized spacial score (nSPS) is 15.9. The topological polar surface area (TPSA) is 105 Å². The number of sulfonamides is 1. The Morgan fingerprint density at radius 3 is 2.35 bits per heavy atom. The number of amides is 2. The number of benzene rings is 2. The summed E-state index contributed by atoms with van der Waals surface area (Å²) >= 11 is 12.3. The number of carbonyl (C=O) groups is 2. The van der Waals surface area contributed by atoms with Crippen LogP contribution in [0.25, 0.3) is 0 Å². The highest BCUT2D eigenvalue weighted by molar-refractivity contribution is 7.92. The SMILES string of the molecule is CC[C@H](C(=O)NC1CCCC1)N(Cc1ccc(Cl)c(Cl)c1)C(=O)CN(c1ccc2c(c1)OCCO2)S(=O)(=O)CC. The van der Waals surface area contributed by atoms with Crippen LogP contribution in [0.5, 0.6) is 11.5 Å². The minimum Gasteiger partial charge on any atom is -0.486 e. The lowest BCUT2D eigenvalue weighted by atomic mass is 10.1. The zero-order chi connectivity index (χ0) is 28.9. The van der Waals surface area contributed by atoms with Crippen molar-refractivity contribution in [1.82, 2.24) is 10.2 Å². The van der Waals surface area contributed by atoms with E-state index in [2.05, 4.69) is 5.32 Å². The molecule has 2 amide bonds. The first-order chi connectivity index (χ1) is 19.1. The van der Waals surface area contributed by atoms with Crippen molar-refractivity contribution in [3.05, 3.63) is 52.0 Å². The predicted octanol–water partition coefficient (Wildman–Crippen LogP) is 4.79. The summed E-state index contributed by atoms with van der Waals surface area (Å²) in [5, 5.41) is 3.78. The summed E-state index contributed by atoms with van der Waals surface area (Å²) in [7, 11) is -3.87. The first-order valence-electron chi connectivity index (χ1n) is 13.6. The van der Waals surface area contributed by atoms with Crippen molar-refractivity contribution >= 4 is 50.7 Å². The van der Waals surface area contributed by atoms with Crippen LogP contribution in [0.15, 0.2) is 36.4 Å². The number of anilines is 1. The van der Waals surface area contributed by atoms with Crippen LogP contribution < -0.4 is 19.1 Å². The average Bonchev–Trinajstić information content (AvgIpc) is 3.46. The van der Waals surface area contributed by atoms with Crippen molar-refractivity contribution in [2.75, 3.05) is 29.8 Å². The maximum atomic E-state index is 14.0. The fraction of sp³-hybridized carbons (Fsp3) is 0.500. The van der Waals surface area contributed by atoms with Gasteiger partial charge in [-0.25, -0.2) is 8.42 Å². The molecule has 1 N–H and O–H groups in total. The van der Waals surface area contributed by atoms with Gasteiger partial charge in [0.15, 0.2) is 11.5 Å². The van der Waals surface area contributed by atoms with Crippen molar-refractivity contribution in [2.45, 2.75) is 64.6 Å². The molecule has 9 nitrogen and oxygen atoms in total. The van der Waals surface area contributed by atoms with Gasteiger partial charge in [0, 0.05) is 18.7 Å². The Hall–Kier alpha value is -2.69. The van der Waals surface area contributed by atoms with Crippen molar-refractivity contribution < 1.29 is 27.5 Å². The predicted molar refractivity (Wildman–Crippen MR) is 156 cm³/mol. The summed E-state index contributed by atoms with van der Waals surface area (Å²) in [6.07, 6.45) is 4.24. The Kier molecular flexibility index (Phi) is 10.1. The summed E-state index contributed by atoms with van der Waals surface area (Å²) in [5.74, 6) is -0.0898. The second-order valence-electron chi connectivity index (χ2n) is 9.92. The molecule has 1 saturated carbocycles. The van der Waals surface area contributed by atoms with E-state index >= 15 is 0 Å². The second-order valence-corrected chi connectivity index (χ2v) is 12.9. The molecule has 12 heteroatoms. The van der Waals surface area contributed by atoms with Crippen molar-refractivity contribution in [1.29, 1.82) is 0 Å². The quantitative estimate of drug-likeness (QED) is 0.392. The van der Waals surface area contributed by atoms with E-state index in [-0.39, 0.29) is 29.9 Å². The smallest absolute Gasteiger partial charge is 0.244 e. The zero-order valence-electron chi connectivity index (χ0n) is 22.7. The van der Waals surface area contributed by atoms with Gasteiger partial charge in [-0.1, -0.05) is 49.0 Å². The molecule has 40 heavy (non-hydrogen) atoms. The number of ether oxygens (including phenoxy) is 2. The fourth-order valence-corrected chi connectivity index (χ4v) is 6.40. The van der Waals surface area contributed by atoms with Crippen molar-refractivity contribution in [2.24, 2.45) is 0 Å². The molecular weight excluding hydrogens is 577 g/mol. The molecule has 4 rings (SSSR count). The number of nitrogens with one attached hydrogen (secondary N) is 1. The van der Waals surface area contributed by atoms with E-state index in [9.17, 15) is 18.0 Å². The molecule has 2 aromatic rings. The maximum Gasteiger partial charge on any atom is 0.244 e. The van der Waals surface area contributed by atoms with Gasteiger partial charge >= 0.3 is 0 Å². The molecule has 1 heterocycles. The molecular formula is C28H35Cl2N3O6S. The van der Waals surface area contributed by atoms with E-state index < -0.39 is 28.5 Å². The minimum absolute atomic E-state index is 0.0491. The zero-order valence-corrected chi connectivity index (χ0v) is 25.0. The number of halogens is 2. The Morgan fingerprint density at radius 2 is 1.70 bits per heavy atom. The van der Waals surface area contributed by atoms with Crippen LogP contribution in [0.2, 0.25) is 10.0 Å². The molecule has 218 valence electrons. The van der Waals surface area contributed by atoms with Crippen LogP contribution in [0, 0.1) is 0 Å². The summed E-state index contributed by atoms with van der Waals surface area (Å²) in [6, 6.07) is 9.04. The van der Waals surface area contributed by atoms with Crippen LogP contribution in [0.4, 0.5) is 5.69 Å². The molecule has 1 fully saturated rings. The highest BCUT2D eigenvalue weighted by Gasteiger charge is 2.34. The van der Waals surface area contributed by atoms with Crippen LogP contribution in [0.3, 0.4) is 0 Å². The summed E-state index contributed by atoms with van der Waals surface area (Å²) in [6.45, 7) is 3.63. The van der Waals surface area contributed by atoms with E-state index in [0.717, 1.165) is 30.0 Å². The van der Waals surface area contributed by atoms with Crippen molar-refractivity contribution in [3.8, 4) is 11.5 Å². The minimum atomic E-state index is -3.87. The lowest BCUT2D eigenvalue weighted by molar-refractivity contribution is -0.140. The fourth-order valence-electron chi connectivity index (χ4n) is 5.03. The summed E-state index contributed by atoms with van der Waals surface area (Å²) < 4.78 is 38.8. The molecule has 0 bridgehead atoms. The average molecular weight is 613 g/mol. The van der Waals surface area contributed by atoms with Gasteiger partial charge in [-0.2, -0.15) is 0 Å². The van der Waals surface area contributed by atoms with E-state index in [4.69, 9.17) is 32.7 Å². The Balaban J connectivity index is 1.66. The highest BCUT2D eigenvalue weighted by atomic mass is 35.5. The highest BCUT2D eigenvalue weighted by Crippen LogP contribution is 2.35. The van der Waals surface area contributed by atoms with Crippen LogP contribution in [-0.4, -0.2) is 62.7 Å². The van der Waals surface area contributed by atoms with E-state index in [1.165, 1.54) is 11.8 Å². The van der Waals surface area contributed by atoms with Gasteiger partial charge < -0.3 is 19.7 Å². The van der Waals surface area contributed by atoms with E-state index in [0.29, 0.717) is 46.7 Å². The standard InChI is InChI=1S/C28H35Cl2N3O6S/c1-3-24(28(35)31-20-7-5-6-8-20)32(17-19-9-11-22(29)23(30)15-19)27(34)18-33(40(36,37)4-2)21-10-12-25-26(16-21)39-14-13-38-25/h9-12,15-16,20,24H,3-8,13-14,17-18H2,1-2H3,(H,31,35)/t24-/m1/s1. The van der Waals surface area contributed by atoms with Gasteiger partial charge in [-0.3, -0.25) is 13.9 Å². The molecule has 0 saturated heterocycles. The van der Waals surface area contributed by atoms with Gasteiger partial charge in [0.25, 0.3) is 0 Å². The van der Waals surface area contributed by atoms with Gasteiger partial charge in [-0.15, -0.1) is 0 Å². The van der Waals surface area contributed by atoms with Crippen molar-refractivity contribution in [3.63, 3.8) is 0 Å². The number of hydrogen-bond acceptors (Lipinski definition) is 6. The molecule has 0 radical (unpaired) electrons. The third-order valence-electron chi connectivity index (χ3n) is 7.22. The molecule has 2 aliphatic rings. The Bertz CT molecular complexity index is 1330. The van der Waals surface area contributed by atoms with E-state index in [1.807, 2.05) is 6.92 Å². The van der Waals surface area contributed by atoms with Gasteiger partial charge in [0.05, 0.1) is 21.5 Å². The monoisotopic (exact) mass is 611 g/mol. The molecule has 0 unspecified atom stereocenters. The number of nitrogens with zero attached hydrogens (tertiary/aromatic N) is 2. The largest absolute Gasteiger partial charge is 0.486 e. The van der Waals surface area contributed by atoms with Crippen LogP contribution >= 0.6 is 23.2 Å². The van der Waals surface area contributed by atoms with Gasteiger partial charge in [0.2, 0.25) is 21.8 Å². The lowest BCUT2D eigenvalue weighted by Gasteiger charge is -2.34. The number of rotatable bonds is 11. The van der Waals surface area contributed by atoms with Crippen LogP contribution in [0.1, 0.15) is 51.5 Å². The third kappa shape index (κ3) is 7.14. The first-order valence-corrected chi connectivity index (χ1v) is 15.9. The molecule has 1 atom stereocenters. The molecule has 1 aliphatic heterocycles. The molecule has 2 aromatic carbocycles. The number of hydrogen-bond donors (Lipinski definition) is 1. The maximum absolute atomic E-state index is 14.0. The number of fused-ring (bicyclic) bond motifs is 1.